The van der Waals surface area contributed by atoms with Gasteiger partial charge in [0, 0.05) is 31.9 Å². The maximum Gasteiger partial charge on any atom is 0.141 e. The second-order valence-electron chi connectivity index (χ2n) is 3.63. The van der Waals surface area contributed by atoms with Crippen LogP contribution in [0.15, 0.2) is 29.6 Å². The first-order valence-electron chi connectivity index (χ1n) is 4.92. The molecule has 0 amide bonds. The van der Waals surface area contributed by atoms with E-state index in [4.69, 9.17) is 5.26 Å². The van der Waals surface area contributed by atoms with Gasteiger partial charge < -0.3 is 4.90 Å². The Bertz CT molecular complexity index is 559. The molecule has 0 bridgehead atoms. The van der Waals surface area contributed by atoms with Gasteiger partial charge >= 0.3 is 0 Å². The van der Waals surface area contributed by atoms with Gasteiger partial charge in [-0.2, -0.15) is 5.26 Å². The van der Waals surface area contributed by atoms with E-state index in [-0.39, 0.29) is 0 Å². The molecule has 5 nitrogen and oxygen atoms in total. The number of hydrogen-bond acceptors (Lipinski definition) is 5. The molecule has 0 spiro atoms. The van der Waals surface area contributed by atoms with Gasteiger partial charge in [-0.25, -0.2) is 9.97 Å². The van der Waals surface area contributed by atoms with Gasteiger partial charge in [-0.15, -0.1) is 11.3 Å². The van der Waals surface area contributed by atoms with Crippen molar-refractivity contribution in [1.29, 1.82) is 5.26 Å². The highest BCUT2D eigenvalue weighted by molar-refractivity contribution is 7.07. The zero-order valence-electron chi connectivity index (χ0n) is 9.53. The predicted molar refractivity (Wildman–Crippen MR) is 66.9 cm³/mol. The number of imidazole rings is 1. The van der Waals surface area contributed by atoms with E-state index in [9.17, 15) is 0 Å². The lowest BCUT2D eigenvalue weighted by molar-refractivity contribution is 0.563. The fourth-order valence-corrected chi connectivity index (χ4v) is 1.87. The Balaban J connectivity index is 2.33. The van der Waals surface area contributed by atoms with Crippen LogP contribution in [0.2, 0.25) is 0 Å². The number of thiazole rings is 1. The summed E-state index contributed by atoms with van der Waals surface area (Å²) < 4.78 is 1.69. The van der Waals surface area contributed by atoms with Gasteiger partial charge in [-0.3, -0.25) is 4.57 Å². The second kappa shape index (κ2) is 4.80. The molecule has 2 heterocycles. The molecular weight excluding hydrogens is 234 g/mol. The molecule has 86 valence electrons. The van der Waals surface area contributed by atoms with Crippen molar-refractivity contribution in [1.82, 2.24) is 19.4 Å². The van der Waals surface area contributed by atoms with E-state index in [1.807, 2.05) is 24.4 Å². The Hall–Kier alpha value is -2.13. The summed E-state index contributed by atoms with van der Waals surface area (Å²) in [6.45, 7) is 0. The van der Waals surface area contributed by atoms with Crippen molar-refractivity contribution in [3.63, 3.8) is 0 Å². The Labute approximate surface area is 103 Å². The van der Waals surface area contributed by atoms with E-state index in [1.165, 1.54) is 11.3 Å². The fraction of sp³-hybridized carbons (Fsp3) is 0.182. The predicted octanol–water partition coefficient (Wildman–Crippen LogP) is 1.89. The standard InChI is InChI=1S/C11H11N5S/c1-15(2)4-9(3-12)16-5-10(13-7-16)11-6-17-8-14-11/h4-8H,1-2H3. The van der Waals surface area contributed by atoms with Crippen LogP contribution in [0.3, 0.4) is 0 Å². The maximum atomic E-state index is 9.06. The number of nitriles is 1. The number of rotatable bonds is 3. The van der Waals surface area contributed by atoms with Gasteiger partial charge in [0.15, 0.2) is 0 Å². The average Bonchev–Trinajstić information content (AvgIpc) is 2.95. The number of nitrogens with zero attached hydrogens (tertiary/aromatic N) is 5. The van der Waals surface area contributed by atoms with E-state index in [1.54, 1.807) is 28.8 Å². The number of aromatic nitrogens is 3. The van der Waals surface area contributed by atoms with E-state index in [2.05, 4.69) is 16.0 Å². The summed E-state index contributed by atoms with van der Waals surface area (Å²) in [7, 11) is 3.74. The third-order valence-electron chi connectivity index (χ3n) is 2.05. The normalized spacial score (nSPS) is 11.2. The Kier molecular flexibility index (Phi) is 3.21. The topological polar surface area (TPSA) is 57.7 Å². The van der Waals surface area contributed by atoms with Crippen LogP contribution in [0.5, 0.6) is 0 Å². The van der Waals surface area contributed by atoms with Crippen LogP contribution >= 0.6 is 11.3 Å². The molecule has 0 saturated heterocycles. The van der Waals surface area contributed by atoms with Crippen molar-refractivity contribution >= 4 is 17.0 Å². The third kappa shape index (κ3) is 2.52. The minimum atomic E-state index is 0.518. The smallest absolute Gasteiger partial charge is 0.141 e. The van der Waals surface area contributed by atoms with Crippen LogP contribution in [0.1, 0.15) is 0 Å². The minimum absolute atomic E-state index is 0.518. The van der Waals surface area contributed by atoms with Gasteiger partial charge in [0.25, 0.3) is 0 Å². The summed E-state index contributed by atoms with van der Waals surface area (Å²) in [5.74, 6) is 0. The van der Waals surface area contributed by atoms with Crippen LogP contribution < -0.4 is 0 Å². The van der Waals surface area contributed by atoms with Crippen molar-refractivity contribution in [2.75, 3.05) is 14.1 Å². The third-order valence-corrected chi connectivity index (χ3v) is 2.64. The van der Waals surface area contributed by atoms with E-state index in [0.717, 1.165) is 11.4 Å². The summed E-state index contributed by atoms with van der Waals surface area (Å²) in [4.78, 5) is 10.2. The van der Waals surface area contributed by atoms with Crippen LogP contribution in [-0.2, 0) is 0 Å². The van der Waals surface area contributed by atoms with Crippen LogP contribution in [-0.4, -0.2) is 33.5 Å². The molecular formula is C11H11N5S. The van der Waals surface area contributed by atoms with Gasteiger partial charge in [0.05, 0.1) is 5.51 Å². The van der Waals surface area contributed by atoms with Gasteiger partial charge in [0.2, 0.25) is 0 Å². The largest absolute Gasteiger partial charge is 0.381 e. The molecule has 6 heteroatoms. The van der Waals surface area contributed by atoms with Crippen molar-refractivity contribution < 1.29 is 0 Å². The van der Waals surface area contributed by atoms with E-state index < -0.39 is 0 Å². The monoisotopic (exact) mass is 245 g/mol. The maximum absolute atomic E-state index is 9.06. The van der Waals surface area contributed by atoms with Crippen LogP contribution in [0.4, 0.5) is 0 Å². The minimum Gasteiger partial charge on any atom is -0.381 e. The van der Waals surface area contributed by atoms with Crippen molar-refractivity contribution in [2.24, 2.45) is 0 Å². The highest BCUT2D eigenvalue weighted by Gasteiger charge is 2.06. The van der Waals surface area contributed by atoms with E-state index in [0.29, 0.717) is 5.70 Å². The summed E-state index contributed by atoms with van der Waals surface area (Å²) in [5.41, 5.74) is 3.88. The van der Waals surface area contributed by atoms with Crippen LogP contribution in [0, 0.1) is 11.3 Å². The molecule has 0 fully saturated rings. The molecule has 2 aromatic heterocycles. The number of hydrogen-bond donors (Lipinski definition) is 0. The van der Waals surface area contributed by atoms with Gasteiger partial charge in [0.1, 0.15) is 29.5 Å². The number of allylic oxidation sites excluding steroid dienone is 1. The average molecular weight is 245 g/mol. The molecule has 2 aromatic rings. The first-order chi connectivity index (χ1) is 8.20. The summed E-state index contributed by atoms with van der Waals surface area (Å²) in [6, 6.07) is 2.13. The zero-order chi connectivity index (χ0) is 12.3. The molecule has 0 unspecified atom stereocenters. The summed E-state index contributed by atoms with van der Waals surface area (Å²) in [6.07, 6.45) is 5.16. The first kappa shape index (κ1) is 11.4. The van der Waals surface area contributed by atoms with Crippen molar-refractivity contribution in [2.45, 2.75) is 0 Å². The van der Waals surface area contributed by atoms with E-state index >= 15 is 0 Å². The first-order valence-corrected chi connectivity index (χ1v) is 5.86. The Morgan fingerprint density at radius 2 is 2.29 bits per heavy atom. The SMILES string of the molecule is CN(C)C=C(C#N)n1cnc(-c2cscn2)c1. The molecule has 0 saturated carbocycles. The molecule has 0 aliphatic rings. The van der Waals surface area contributed by atoms with Crippen molar-refractivity contribution in [3.05, 3.63) is 29.6 Å². The quantitative estimate of drug-likeness (QED) is 0.775. The highest BCUT2D eigenvalue weighted by atomic mass is 32.1. The van der Waals surface area contributed by atoms with Crippen molar-refractivity contribution in [3.8, 4) is 17.5 Å². The Morgan fingerprint density at radius 3 is 2.88 bits per heavy atom. The second-order valence-corrected chi connectivity index (χ2v) is 4.35. The molecule has 0 radical (unpaired) electrons. The molecule has 0 atom stereocenters. The molecule has 0 N–H and O–H groups in total. The van der Waals surface area contributed by atoms with Gasteiger partial charge in [-0.05, 0) is 0 Å². The summed E-state index contributed by atoms with van der Waals surface area (Å²) >= 11 is 1.52. The Morgan fingerprint density at radius 1 is 1.47 bits per heavy atom. The lowest BCUT2D eigenvalue weighted by Crippen LogP contribution is -2.04. The van der Waals surface area contributed by atoms with Crippen LogP contribution in [0.25, 0.3) is 17.1 Å². The molecule has 17 heavy (non-hydrogen) atoms. The fourth-order valence-electron chi connectivity index (χ4n) is 1.32. The lowest BCUT2D eigenvalue weighted by Gasteiger charge is -2.06. The molecule has 2 rings (SSSR count). The lowest BCUT2D eigenvalue weighted by atomic mass is 10.4. The van der Waals surface area contributed by atoms with Gasteiger partial charge in [-0.1, -0.05) is 0 Å². The summed E-state index contributed by atoms with van der Waals surface area (Å²) in [5, 5.41) is 11.0. The molecule has 0 aromatic carbocycles. The zero-order valence-corrected chi connectivity index (χ0v) is 10.3. The molecule has 0 aliphatic heterocycles. The highest BCUT2D eigenvalue weighted by Crippen LogP contribution is 2.18. The molecule has 0 aliphatic carbocycles.